The van der Waals surface area contributed by atoms with Crippen LogP contribution < -0.4 is 10.5 Å². The predicted molar refractivity (Wildman–Crippen MR) is 54.9 cm³/mol. The molecule has 0 saturated heterocycles. The van der Waals surface area contributed by atoms with Crippen molar-refractivity contribution in [1.82, 2.24) is 10.2 Å². The van der Waals surface area contributed by atoms with Gasteiger partial charge in [-0.3, -0.25) is 5.10 Å². The first-order valence-corrected chi connectivity index (χ1v) is 4.45. The van der Waals surface area contributed by atoms with Gasteiger partial charge in [0.2, 0.25) is 0 Å². The van der Waals surface area contributed by atoms with Crippen molar-refractivity contribution in [3.63, 3.8) is 0 Å². The van der Waals surface area contributed by atoms with E-state index in [4.69, 9.17) is 10.5 Å². The van der Waals surface area contributed by atoms with Gasteiger partial charge in [0, 0.05) is 12.1 Å². The first-order chi connectivity index (χ1) is 7.63. The normalized spacial score (nSPS) is 10.4. The quantitative estimate of drug-likeness (QED) is 0.820. The second kappa shape index (κ2) is 3.80. The highest BCUT2D eigenvalue weighted by molar-refractivity contribution is 5.78. The number of hydrogen-bond acceptors (Lipinski definition) is 3. The van der Waals surface area contributed by atoms with Crippen molar-refractivity contribution < 1.29 is 13.5 Å². The van der Waals surface area contributed by atoms with Crippen LogP contribution in [0.4, 0.5) is 14.6 Å². The van der Waals surface area contributed by atoms with Gasteiger partial charge in [-0.2, -0.15) is 5.10 Å². The third-order valence-corrected chi connectivity index (χ3v) is 2.18. The van der Waals surface area contributed by atoms with Crippen LogP contribution in [0.3, 0.4) is 0 Å². The Labute approximate surface area is 90.0 Å². The van der Waals surface area contributed by atoms with Crippen molar-refractivity contribution in [2.45, 2.75) is 0 Å². The number of nitrogens with zero attached hydrogens (tertiary/aromatic N) is 1. The minimum atomic E-state index is -0.745. The van der Waals surface area contributed by atoms with Crippen LogP contribution >= 0.6 is 0 Å². The lowest BCUT2D eigenvalue weighted by Crippen LogP contribution is -1.95. The minimum absolute atomic E-state index is 0.0746. The Morgan fingerprint density at radius 1 is 1.38 bits per heavy atom. The molecule has 1 aromatic heterocycles. The molecule has 1 aromatic carbocycles. The minimum Gasteiger partial charge on any atom is -0.496 e. The number of nitrogens with one attached hydrogen (secondary N) is 1. The van der Waals surface area contributed by atoms with Gasteiger partial charge in [-0.15, -0.1) is 0 Å². The summed E-state index contributed by atoms with van der Waals surface area (Å²) in [5.74, 6) is -1.18. The molecule has 4 nitrogen and oxygen atoms in total. The molecule has 0 unspecified atom stereocenters. The van der Waals surface area contributed by atoms with E-state index in [1.54, 1.807) is 0 Å². The van der Waals surface area contributed by atoms with Crippen molar-refractivity contribution >= 4 is 5.82 Å². The van der Waals surface area contributed by atoms with Gasteiger partial charge in [0.05, 0.1) is 24.4 Å². The maximum Gasteiger partial charge on any atom is 0.137 e. The van der Waals surface area contributed by atoms with E-state index in [-0.39, 0.29) is 17.1 Å². The van der Waals surface area contributed by atoms with Crippen LogP contribution in [0.2, 0.25) is 0 Å². The lowest BCUT2D eigenvalue weighted by atomic mass is 10.1. The van der Waals surface area contributed by atoms with Crippen molar-refractivity contribution in [1.29, 1.82) is 0 Å². The highest BCUT2D eigenvalue weighted by Gasteiger charge is 2.17. The number of nitrogen functional groups attached to an aromatic ring is 1. The van der Waals surface area contributed by atoms with Gasteiger partial charge in [-0.05, 0) is 0 Å². The highest BCUT2D eigenvalue weighted by atomic mass is 19.1. The monoisotopic (exact) mass is 225 g/mol. The van der Waals surface area contributed by atoms with Gasteiger partial charge in [0.15, 0.2) is 0 Å². The summed E-state index contributed by atoms with van der Waals surface area (Å²) in [4.78, 5) is 0. The zero-order valence-corrected chi connectivity index (χ0v) is 8.42. The number of methoxy groups -OCH3 is 1. The van der Waals surface area contributed by atoms with Crippen LogP contribution in [0.1, 0.15) is 0 Å². The average molecular weight is 225 g/mol. The molecule has 2 rings (SSSR count). The summed E-state index contributed by atoms with van der Waals surface area (Å²) in [6.07, 6.45) is 1.36. The van der Waals surface area contributed by atoms with Gasteiger partial charge >= 0.3 is 0 Å². The summed E-state index contributed by atoms with van der Waals surface area (Å²) >= 11 is 0. The molecule has 0 spiro atoms. The second-order valence-electron chi connectivity index (χ2n) is 3.16. The van der Waals surface area contributed by atoms with Crippen LogP contribution in [0.25, 0.3) is 11.1 Å². The van der Waals surface area contributed by atoms with Crippen molar-refractivity contribution in [3.05, 3.63) is 30.0 Å². The lowest BCUT2D eigenvalue weighted by Gasteiger charge is -2.08. The number of H-pyrrole nitrogens is 1. The molecule has 84 valence electrons. The maximum atomic E-state index is 13.6. The summed E-state index contributed by atoms with van der Waals surface area (Å²) in [7, 11) is 1.33. The van der Waals surface area contributed by atoms with E-state index >= 15 is 0 Å². The van der Waals surface area contributed by atoms with E-state index in [9.17, 15) is 8.78 Å². The summed E-state index contributed by atoms with van der Waals surface area (Å²) in [5, 5.41) is 6.14. The number of hydrogen-bond donors (Lipinski definition) is 2. The van der Waals surface area contributed by atoms with Crippen LogP contribution in [0.5, 0.6) is 5.75 Å². The van der Waals surface area contributed by atoms with Crippen LogP contribution in [-0.4, -0.2) is 17.3 Å². The van der Waals surface area contributed by atoms with E-state index in [0.717, 1.165) is 12.1 Å². The van der Waals surface area contributed by atoms with Crippen LogP contribution in [-0.2, 0) is 0 Å². The number of rotatable bonds is 2. The standard InChI is InChI=1S/C10H9F2N3O/c1-16-8-3-5(11)2-7(12)9(8)6-4-14-15-10(6)13/h2-4H,1H3,(H3,13,14,15). The maximum absolute atomic E-state index is 13.6. The number of anilines is 1. The number of aromatic amines is 1. The van der Waals surface area contributed by atoms with Crippen molar-refractivity contribution in [3.8, 4) is 16.9 Å². The van der Waals surface area contributed by atoms with Gasteiger partial charge in [-0.1, -0.05) is 0 Å². The van der Waals surface area contributed by atoms with Gasteiger partial charge in [0.25, 0.3) is 0 Å². The summed E-state index contributed by atoms with van der Waals surface area (Å²) < 4.78 is 31.5. The molecule has 1 heterocycles. The number of halogens is 2. The van der Waals surface area contributed by atoms with Gasteiger partial charge < -0.3 is 10.5 Å². The summed E-state index contributed by atoms with van der Waals surface area (Å²) in [5.41, 5.74) is 6.00. The largest absolute Gasteiger partial charge is 0.496 e. The van der Waals surface area contributed by atoms with Crippen LogP contribution in [0.15, 0.2) is 18.3 Å². The smallest absolute Gasteiger partial charge is 0.137 e. The van der Waals surface area contributed by atoms with Crippen molar-refractivity contribution in [2.24, 2.45) is 0 Å². The molecule has 0 fully saturated rings. The third-order valence-electron chi connectivity index (χ3n) is 2.18. The molecule has 0 atom stereocenters. The Balaban J connectivity index is 2.69. The molecule has 0 bridgehead atoms. The number of aromatic nitrogens is 2. The summed E-state index contributed by atoms with van der Waals surface area (Å²) in [6.45, 7) is 0. The number of benzene rings is 1. The Morgan fingerprint density at radius 2 is 2.12 bits per heavy atom. The zero-order valence-electron chi connectivity index (χ0n) is 8.42. The molecular weight excluding hydrogens is 216 g/mol. The first-order valence-electron chi connectivity index (χ1n) is 4.45. The van der Waals surface area contributed by atoms with Gasteiger partial charge in [-0.25, -0.2) is 8.78 Å². The van der Waals surface area contributed by atoms with Crippen LogP contribution in [0, 0.1) is 11.6 Å². The van der Waals surface area contributed by atoms with E-state index in [0.29, 0.717) is 5.56 Å². The molecule has 0 aliphatic rings. The lowest BCUT2D eigenvalue weighted by molar-refractivity contribution is 0.409. The highest BCUT2D eigenvalue weighted by Crippen LogP contribution is 2.35. The molecule has 0 amide bonds. The fraction of sp³-hybridized carbons (Fsp3) is 0.100. The van der Waals surface area contributed by atoms with E-state index in [2.05, 4.69) is 10.2 Å². The van der Waals surface area contributed by atoms with E-state index in [1.807, 2.05) is 0 Å². The van der Waals surface area contributed by atoms with Gasteiger partial charge in [0.1, 0.15) is 23.2 Å². The van der Waals surface area contributed by atoms with E-state index < -0.39 is 11.6 Å². The molecule has 0 aliphatic carbocycles. The van der Waals surface area contributed by atoms with Crippen molar-refractivity contribution in [2.75, 3.05) is 12.8 Å². The number of nitrogens with two attached hydrogens (primary N) is 1. The Hall–Kier alpha value is -2.11. The predicted octanol–water partition coefficient (Wildman–Crippen LogP) is 1.95. The molecule has 0 saturated carbocycles. The second-order valence-corrected chi connectivity index (χ2v) is 3.16. The van der Waals surface area contributed by atoms with E-state index in [1.165, 1.54) is 13.3 Å². The first kappa shape index (κ1) is 10.4. The molecule has 3 N–H and O–H groups in total. The molecule has 6 heteroatoms. The molecule has 16 heavy (non-hydrogen) atoms. The average Bonchev–Trinajstić information content (AvgIpc) is 2.63. The fourth-order valence-electron chi connectivity index (χ4n) is 1.47. The Morgan fingerprint density at radius 3 is 2.69 bits per heavy atom. The SMILES string of the molecule is COc1cc(F)cc(F)c1-c1cn[nH]c1N. The number of ether oxygens (including phenoxy) is 1. The third kappa shape index (κ3) is 1.58. The molecule has 0 radical (unpaired) electrons. The Kier molecular flexibility index (Phi) is 2.47. The molecular formula is C10H9F2N3O. The summed E-state index contributed by atoms with van der Waals surface area (Å²) in [6, 6.07) is 1.86. The fourth-order valence-corrected chi connectivity index (χ4v) is 1.47. The molecule has 2 aromatic rings. The Bertz CT molecular complexity index is 525. The topological polar surface area (TPSA) is 63.9 Å². The molecule has 0 aliphatic heterocycles. The zero-order chi connectivity index (χ0) is 11.7.